The van der Waals surface area contributed by atoms with Crippen molar-refractivity contribution in [3.63, 3.8) is 0 Å². The zero-order valence-electron chi connectivity index (χ0n) is 11.8. The highest BCUT2D eigenvalue weighted by molar-refractivity contribution is 6.30. The molecule has 2 N–H and O–H groups in total. The summed E-state index contributed by atoms with van der Waals surface area (Å²) in [6.45, 7) is 2.42. The van der Waals surface area contributed by atoms with Gasteiger partial charge in [0.15, 0.2) is 0 Å². The highest BCUT2D eigenvalue weighted by atomic mass is 35.5. The molecule has 0 amide bonds. The molecule has 106 valence electrons. The number of hydrogen-bond donors (Lipinski definition) is 1. The predicted molar refractivity (Wildman–Crippen MR) is 80.1 cm³/mol. The minimum Gasteiger partial charge on any atom is -0.493 e. The Kier molecular flexibility index (Phi) is 4.71. The van der Waals surface area contributed by atoms with Crippen LogP contribution in [0.4, 0.5) is 0 Å². The summed E-state index contributed by atoms with van der Waals surface area (Å²) in [7, 11) is 4.19. The zero-order valence-corrected chi connectivity index (χ0v) is 12.5. The maximum absolute atomic E-state index is 6.17. The van der Waals surface area contributed by atoms with E-state index >= 15 is 0 Å². The summed E-state index contributed by atoms with van der Waals surface area (Å²) in [5.41, 5.74) is 7.31. The number of benzene rings is 1. The smallest absolute Gasteiger partial charge is 0.123 e. The van der Waals surface area contributed by atoms with Crippen LogP contribution in [0.25, 0.3) is 0 Å². The SMILES string of the molecule is CN(C)CCC1(CN)CCCOc2ccc(Cl)cc21. The van der Waals surface area contributed by atoms with Crippen molar-refractivity contribution in [2.45, 2.75) is 24.7 Å². The van der Waals surface area contributed by atoms with Crippen LogP contribution >= 0.6 is 11.6 Å². The van der Waals surface area contributed by atoms with Gasteiger partial charge >= 0.3 is 0 Å². The molecular weight excluding hydrogens is 260 g/mol. The summed E-state index contributed by atoms with van der Waals surface area (Å²) in [4.78, 5) is 2.20. The second kappa shape index (κ2) is 6.12. The quantitative estimate of drug-likeness (QED) is 0.923. The fourth-order valence-electron chi connectivity index (χ4n) is 2.78. The average Bonchev–Trinajstić information content (AvgIpc) is 2.56. The Labute approximate surface area is 120 Å². The molecule has 0 aliphatic carbocycles. The molecular formula is C15H23ClN2O. The second-order valence-corrected chi connectivity index (χ2v) is 6.07. The number of hydrogen-bond acceptors (Lipinski definition) is 3. The van der Waals surface area contributed by atoms with Crippen LogP contribution in [0.15, 0.2) is 18.2 Å². The molecule has 0 spiro atoms. The minimum absolute atomic E-state index is 0.0129. The van der Waals surface area contributed by atoms with Crippen molar-refractivity contribution < 1.29 is 4.74 Å². The lowest BCUT2D eigenvalue weighted by Crippen LogP contribution is -2.37. The summed E-state index contributed by atoms with van der Waals surface area (Å²) in [6, 6.07) is 5.90. The third-order valence-corrected chi connectivity index (χ3v) is 4.23. The Hall–Kier alpha value is -0.770. The average molecular weight is 283 g/mol. The van der Waals surface area contributed by atoms with Crippen LogP contribution < -0.4 is 10.5 Å². The van der Waals surface area contributed by atoms with E-state index in [0.717, 1.165) is 43.2 Å². The van der Waals surface area contributed by atoms with E-state index in [4.69, 9.17) is 22.1 Å². The van der Waals surface area contributed by atoms with E-state index in [1.54, 1.807) is 0 Å². The van der Waals surface area contributed by atoms with Gasteiger partial charge < -0.3 is 15.4 Å². The normalized spacial score (nSPS) is 22.8. The molecule has 0 aromatic heterocycles. The first-order chi connectivity index (χ1) is 9.07. The Bertz CT molecular complexity index is 436. The predicted octanol–water partition coefficient (Wildman–Crippen LogP) is 2.66. The van der Waals surface area contributed by atoms with Crippen molar-refractivity contribution in [3.05, 3.63) is 28.8 Å². The third-order valence-electron chi connectivity index (χ3n) is 4.00. The highest BCUT2D eigenvalue weighted by Crippen LogP contribution is 2.41. The molecule has 1 aromatic rings. The summed E-state index contributed by atoms with van der Waals surface area (Å²) < 4.78 is 5.84. The molecule has 2 rings (SSSR count). The minimum atomic E-state index is -0.0129. The van der Waals surface area contributed by atoms with Crippen LogP contribution in [0.1, 0.15) is 24.8 Å². The molecule has 0 radical (unpaired) electrons. The van der Waals surface area contributed by atoms with Crippen LogP contribution in [0.2, 0.25) is 5.02 Å². The molecule has 0 saturated carbocycles. The molecule has 3 nitrogen and oxygen atoms in total. The first-order valence-corrected chi connectivity index (χ1v) is 7.23. The number of nitrogens with two attached hydrogens (primary N) is 1. The zero-order chi connectivity index (χ0) is 13.9. The maximum atomic E-state index is 6.17. The molecule has 1 atom stereocenters. The van der Waals surface area contributed by atoms with Gasteiger partial charge in [0.1, 0.15) is 5.75 Å². The van der Waals surface area contributed by atoms with Gasteiger partial charge in [-0.25, -0.2) is 0 Å². The summed E-state index contributed by atoms with van der Waals surface area (Å²) in [6.07, 6.45) is 3.13. The molecule has 1 aromatic carbocycles. The van der Waals surface area contributed by atoms with Crippen LogP contribution in [0.3, 0.4) is 0 Å². The van der Waals surface area contributed by atoms with Gasteiger partial charge in [-0.1, -0.05) is 11.6 Å². The second-order valence-electron chi connectivity index (χ2n) is 5.63. The number of fused-ring (bicyclic) bond motifs is 1. The van der Waals surface area contributed by atoms with Crippen molar-refractivity contribution in [1.29, 1.82) is 0 Å². The van der Waals surface area contributed by atoms with E-state index < -0.39 is 0 Å². The van der Waals surface area contributed by atoms with Gasteiger partial charge in [0, 0.05) is 22.5 Å². The monoisotopic (exact) mass is 282 g/mol. The Balaban J connectivity index is 2.39. The first-order valence-electron chi connectivity index (χ1n) is 6.85. The molecule has 0 saturated heterocycles. The van der Waals surface area contributed by atoms with Gasteiger partial charge in [-0.15, -0.1) is 0 Å². The number of nitrogens with zero attached hydrogens (tertiary/aromatic N) is 1. The number of halogens is 1. The molecule has 0 fully saturated rings. The molecule has 1 aliphatic rings. The van der Waals surface area contributed by atoms with E-state index in [1.807, 2.05) is 18.2 Å². The van der Waals surface area contributed by atoms with Gasteiger partial charge in [0.05, 0.1) is 6.61 Å². The van der Waals surface area contributed by atoms with Crippen LogP contribution in [-0.2, 0) is 5.41 Å². The van der Waals surface area contributed by atoms with Crippen molar-refractivity contribution in [2.24, 2.45) is 5.73 Å². The number of rotatable bonds is 4. The third kappa shape index (κ3) is 3.22. The van der Waals surface area contributed by atoms with E-state index in [1.165, 1.54) is 5.56 Å². The van der Waals surface area contributed by atoms with E-state index in [2.05, 4.69) is 19.0 Å². The molecule has 1 aliphatic heterocycles. The Morgan fingerprint density at radius 1 is 1.42 bits per heavy atom. The van der Waals surface area contributed by atoms with Gasteiger partial charge in [-0.3, -0.25) is 0 Å². The summed E-state index contributed by atoms with van der Waals surface area (Å²) >= 11 is 6.17. The van der Waals surface area contributed by atoms with E-state index in [-0.39, 0.29) is 5.41 Å². The summed E-state index contributed by atoms with van der Waals surface area (Å²) in [5, 5.41) is 0.756. The van der Waals surface area contributed by atoms with E-state index in [9.17, 15) is 0 Å². The molecule has 19 heavy (non-hydrogen) atoms. The van der Waals surface area contributed by atoms with Crippen LogP contribution in [0.5, 0.6) is 5.75 Å². The van der Waals surface area contributed by atoms with E-state index in [0.29, 0.717) is 6.54 Å². The molecule has 1 heterocycles. The topological polar surface area (TPSA) is 38.5 Å². The first kappa shape index (κ1) is 14.6. The lowest BCUT2D eigenvalue weighted by atomic mass is 9.74. The molecule has 0 bridgehead atoms. The van der Waals surface area contributed by atoms with Gasteiger partial charge in [-0.2, -0.15) is 0 Å². The van der Waals surface area contributed by atoms with Gasteiger partial charge in [-0.05, 0) is 58.1 Å². The van der Waals surface area contributed by atoms with Crippen molar-refractivity contribution in [2.75, 3.05) is 33.8 Å². The molecule has 1 unspecified atom stereocenters. The van der Waals surface area contributed by atoms with Crippen molar-refractivity contribution in [3.8, 4) is 5.75 Å². The lowest BCUT2D eigenvalue weighted by molar-refractivity contribution is 0.290. The summed E-state index contributed by atoms with van der Waals surface area (Å²) in [5.74, 6) is 0.950. The lowest BCUT2D eigenvalue weighted by Gasteiger charge is -2.33. The maximum Gasteiger partial charge on any atom is 0.123 e. The van der Waals surface area contributed by atoms with Crippen molar-refractivity contribution in [1.82, 2.24) is 4.90 Å². The largest absolute Gasteiger partial charge is 0.493 e. The fraction of sp³-hybridized carbons (Fsp3) is 0.600. The van der Waals surface area contributed by atoms with Gasteiger partial charge in [0.2, 0.25) is 0 Å². The molecule has 4 heteroatoms. The Morgan fingerprint density at radius 3 is 2.89 bits per heavy atom. The Morgan fingerprint density at radius 2 is 2.21 bits per heavy atom. The van der Waals surface area contributed by atoms with Crippen LogP contribution in [-0.4, -0.2) is 38.7 Å². The standard InChI is InChI=1S/C15H23ClN2O/c1-18(2)8-7-15(11-17)6-3-9-19-14-5-4-12(16)10-13(14)15/h4-5,10H,3,6-9,11,17H2,1-2H3. The van der Waals surface area contributed by atoms with Crippen molar-refractivity contribution >= 4 is 11.6 Å². The number of ether oxygens (including phenoxy) is 1. The van der Waals surface area contributed by atoms with Gasteiger partial charge in [0.25, 0.3) is 0 Å². The fourth-order valence-corrected chi connectivity index (χ4v) is 2.95. The highest BCUT2D eigenvalue weighted by Gasteiger charge is 2.35. The van der Waals surface area contributed by atoms with Crippen LogP contribution in [0, 0.1) is 0 Å².